The van der Waals surface area contributed by atoms with Gasteiger partial charge in [0.05, 0.1) is 42.7 Å². The van der Waals surface area contributed by atoms with Crippen molar-refractivity contribution in [3.05, 3.63) is 82.4 Å². The second-order valence-corrected chi connectivity index (χ2v) is 9.22. The van der Waals surface area contributed by atoms with E-state index in [1.165, 1.54) is 0 Å². The summed E-state index contributed by atoms with van der Waals surface area (Å²) in [6.07, 6.45) is 3.76. The molecule has 1 aliphatic heterocycles. The fraction of sp³-hybridized carbons (Fsp3) is 0.281. The van der Waals surface area contributed by atoms with Crippen molar-refractivity contribution >= 4 is 17.9 Å². The maximum Gasteiger partial charge on any atom is 0.203 e. The number of ketones is 1. The zero-order chi connectivity index (χ0) is 28.6. The molecule has 0 aliphatic carbocycles. The summed E-state index contributed by atoms with van der Waals surface area (Å²) in [5.41, 5.74) is 4.00. The van der Waals surface area contributed by atoms with E-state index in [2.05, 4.69) is 17.0 Å². The third kappa shape index (κ3) is 6.24. The highest BCUT2D eigenvalue weighted by atomic mass is 16.5. The number of nitrogens with zero attached hydrogens (tertiary/aromatic N) is 1. The summed E-state index contributed by atoms with van der Waals surface area (Å²) in [4.78, 5) is 16.1. The first kappa shape index (κ1) is 28.6. The molecule has 8 nitrogen and oxygen atoms in total. The van der Waals surface area contributed by atoms with Crippen LogP contribution in [0.4, 0.5) is 0 Å². The summed E-state index contributed by atoms with van der Waals surface area (Å²) >= 11 is 0. The van der Waals surface area contributed by atoms with E-state index < -0.39 is 0 Å². The van der Waals surface area contributed by atoms with Crippen LogP contribution in [0.3, 0.4) is 0 Å². The van der Waals surface area contributed by atoms with E-state index in [9.17, 15) is 4.79 Å². The van der Waals surface area contributed by atoms with E-state index >= 15 is 0 Å². The van der Waals surface area contributed by atoms with Crippen molar-refractivity contribution < 1.29 is 33.2 Å². The van der Waals surface area contributed by atoms with Crippen LogP contribution in [0, 0.1) is 0 Å². The van der Waals surface area contributed by atoms with E-state index in [0.29, 0.717) is 65.3 Å². The molecule has 0 saturated carbocycles. The van der Waals surface area contributed by atoms with Gasteiger partial charge in [0.1, 0.15) is 0 Å². The highest BCUT2D eigenvalue weighted by Gasteiger charge is 2.27. The highest BCUT2D eigenvalue weighted by molar-refractivity contribution is 6.14. The molecule has 8 heteroatoms. The zero-order valence-corrected chi connectivity index (χ0v) is 23.8. The Hall–Kier alpha value is -4.43. The summed E-state index contributed by atoms with van der Waals surface area (Å²) in [6.45, 7) is 1.65. The van der Waals surface area contributed by atoms with Crippen LogP contribution in [0.15, 0.2) is 65.7 Å². The Bertz CT molecular complexity index is 1280. The molecule has 0 spiro atoms. The number of ether oxygens (including phenoxy) is 6. The molecular formula is C32H35NO7. The maximum atomic E-state index is 13.9. The lowest BCUT2D eigenvalue weighted by atomic mass is 9.93. The molecule has 1 aliphatic rings. The van der Waals surface area contributed by atoms with Crippen LogP contribution in [-0.2, 0) is 11.3 Å². The van der Waals surface area contributed by atoms with Gasteiger partial charge in [-0.15, -0.1) is 0 Å². The maximum absolute atomic E-state index is 13.9. The molecule has 3 aromatic rings. The minimum atomic E-state index is -0.0354. The van der Waals surface area contributed by atoms with Gasteiger partial charge in [-0.3, -0.25) is 9.69 Å². The largest absolute Gasteiger partial charge is 0.493 e. The lowest BCUT2D eigenvalue weighted by Crippen LogP contribution is -2.37. The number of piperidine rings is 1. The van der Waals surface area contributed by atoms with Crippen molar-refractivity contribution in [2.24, 2.45) is 0 Å². The van der Waals surface area contributed by atoms with Gasteiger partial charge in [0.15, 0.2) is 28.8 Å². The van der Waals surface area contributed by atoms with Crippen molar-refractivity contribution in [3.8, 4) is 34.5 Å². The number of hydrogen-bond donors (Lipinski definition) is 0. The number of carbonyl (C=O) groups is 1. The van der Waals surface area contributed by atoms with Crippen molar-refractivity contribution in [3.63, 3.8) is 0 Å². The van der Waals surface area contributed by atoms with Crippen LogP contribution in [-0.4, -0.2) is 66.4 Å². The molecule has 3 aromatic carbocycles. The first-order chi connectivity index (χ1) is 19.4. The quantitative estimate of drug-likeness (QED) is 0.318. The van der Waals surface area contributed by atoms with Crippen LogP contribution in [0.5, 0.6) is 34.5 Å². The second kappa shape index (κ2) is 13.1. The Balaban J connectivity index is 1.79. The Morgan fingerprint density at radius 3 is 1.38 bits per heavy atom. The topological polar surface area (TPSA) is 75.7 Å². The van der Waals surface area contributed by atoms with Gasteiger partial charge in [-0.1, -0.05) is 30.3 Å². The number of methoxy groups -OCH3 is 6. The Labute approximate surface area is 235 Å². The molecule has 1 fully saturated rings. The van der Waals surface area contributed by atoms with E-state index in [-0.39, 0.29) is 5.78 Å². The molecule has 0 radical (unpaired) electrons. The van der Waals surface area contributed by atoms with Crippen molar-refractivity contribution in [1.29, 1.82) is 0 Å². The first-order valence-corrected chi connectivity index (χ1v) is 12.8. The second-order valence-electron chi connectivity index (χ2n) is 9.22. The summed E-state index contributed by atoms with van der Waals surface area (Å²) in [5, 5.41) is 0. The number of benzene rings is 3. The van der Waals surface area contributed by atoms with Crippen LogP contribution >= 0.6 is 0 Å². The zero-order valence-electron chi connectivity index (χ0n) is 23.8. The number of Topliss-reactive ketones (excluding diaryl/α,β-unsaturated/α-hetero) is 1. The van der Waals surface area contributed by atoms with Crippen molar-refractivity contribution in [1.82, 2.24) is 4.90 Å². The van der Waals surface area contributed by atoms with E-state index in [0.717, 1.165) is 16.7 Å². The van der Waals surface area contributed by atoms with Gasteiger partial charge in [0.25, 0.3) is 0 Å². The molecule has 1 heterocycles. The number of carbonyl (C=O) groups excluding carboxylic acids is 1. The monoisotopic (exact) mass is 545 g/mol. The summed E-state index contributed by atoms with van der Waals surface area (Å²) in [5.74, 6) is 3.04. The third-order valence-electron chi connectivity index (χ3n) is 6.68. The molecular weight excluding hydrogens is 510 g/mol. The fourth-order valence-electron chi connectivity index (χ4n) is 4.84. The van der Waals surface area contributed by atoms with E-state index in [1.54, 1.807) is 42.7 Å². The smallest absolute Gasteiger partial charge is 0.203 e. The lowest BCUT2D eigenvalue weighted by molar-refractivity contribution is -0.113. The van der Waals surface area contributed by atoms with Crippen molar-refractivity contribution in [2.45, 2.75) is 6.54 Å². The fourth-order valence-corrected chi connectivity index (χ4v) is 4.84. The first-order valence-electron chi connectivity index (χ1n) is 12.8. The van der Waals surface area contributed by atoms with Crippen molar-refractivity contribution in [2.75, 3.05) is 55.7 Å². The molecule has 0 unspecified atom stereocenters. The molecule has 0 amide bonds. The summed E-state index contributed by atoms with van der Waals surface area (Å²) in [6, 6.07) is 17.5. The average molecular weight is 546 g/mol. The number of likely N-dealkylation sites (tertiary alicyclic amines) is 1. The molecule has 1 saturated heterocycles. The molecule has 40 heavy (non-hydrogen) atoms. The standard InChI is InChI=1S/C32H35NO7/c1-35-26-14-22(15-27(36-2)31(26)39-5)12-24-19-33(18-21-10-8-7-9-11-21)20-25(30(24)34)13-23-16-28(37-3)32(40-6)29(17-23)38-4/h7-17H,18-20H2,1-6H3/b24-12-,25-13+. The Morgan fingerprint density at radius 1 is 0.625 bits per heavy atom. The van der Waals surface area contributed by atoms with Gasteiger partial charge in [-0.05, 0) is 53.1 Å². The average Bonchev–Trinajstić information content (AvgIpc) is 2.98. The lowest BCUT2D eigenvalue weighted by Gasteiger charge is -2.30. The van der Waals surface area contributed by atoms with Gasteiger partial charge in [0.2, 0.25) is 11.5 Å². The summed E-state index contributed by atoms with van der Waals surface area (Å²) in [7, 11) is 9.40. The van der Waals surface area contributed by atoms with E-state index in [4.69, 9.17) is 28.4 Å². The predicted molar refractivity (Wildman–Crippen MR) is 155 cm³/mol. The molecule has 210 valence electrons. The van der Waals surface area contributed by atoms with Crippen LogP contribution in [0.25, 0.3) is 12.2 Å². The van der Waals surface area contributed by atoms with Crippen LogP contribution in [0.1, 0.15) is 16.7 Å². The molecule has 0 atom stereocenters. The summed E-state index contributed by atoms with van der Waals surface area (Å²) < 4.78 is 33.0. The predicted octanol–water partition coefficient (Wildman–Crippen LogP) is 5.29. The number of rotatable bonds is 10. The third-order valence-corrected chi connectivity index (χ3v) is 6.68. The minimum Gasteiger partial charge on any atom is -0.493 e. The number of hydrogen-bond acceptors (Lipinski definition) is 8. The van der Waals surface area contributed by atoms with Gasteiger partial charge in [-0.2, -0.15) is 0 Å². The SMILES string of the molecule is COc1cc(/C=C2/CN(Cc3ccccc3)C/C(=C\c3cc(OC)c(OC)c(OC)c3)C2=O)cc(OC)c1OC. The molecule has 4 rings (SSSR count). The van der Waals surface area contributed by atoms with Crippen LogP contribution in [0.2, 0.25) is 0 Å². The van der Waals surface area contributed by atoms with Crippen LogP contribution < -0.4 is 28.4 Å². The molecule has 0 aromatic heterocycles. The Morgan fingerprint density at radius 2 is 1.02 bits per heavy atom. The van der Waals surface area contributed by atoms with Gasteiger partial charge < -0.3 is 28.4 Å². The Kier molecular flexibility index (Phi) is 9.35. The van der Waals surface area contributed by atoms with E-state index in [1.807, 2.05) is 54.6 Å². The molecule has 0 bridgehead atoms. The van der Waals surface area contributed by atoms with Gasteiger partial charge in [0, 0.05) is 30.8 Å². The van der Waals surface area contributed by atoms with Gasteiger partial charge >= 0.3 is 0 Å². The normalized spacial score (nSPS) is 15.7. The highest BCUT2D eigenvalue weighted by Crippen LogP contribution is 2.40. The van der Waals surface area contributed by atoms with Gasteiger partial charge in [-0.25, -0.2) is 0 Å². The minimum absolute atomic E-state index is 0.0354. The molecule has 0 N–H and O–H groups in total.